The van der Waals surface area contributed by atoms with E-state index in [0.29, 0.717) is 9.24 Å². The van der Waals surface area contributed by atoms with Gasteiger partial charge in [0, 0.05) is 16.0 Å². The number of carboxylic acid groups (broad SMARTS) is 1. The number of nitrogen functional groups attached to an aromatic ring is 2. The van der Waals surface area contributed by atoms with Crippen LogP contribution in [-0.4, -0.2) is 60.1 Å². The molecule has 4 heterocycles. The maximum atomic E-state index is 12.7. The van der Waals surface area contributed by atoms with Crippen LogP contribution < -0.4 is 16.8 Å². The lowest BCUT2D eigenvalue weighted by atomic mass is 10.0. The van der Waals surface area contributed by atoms with Crippen molar-refractivity contribution >= 4 is 74.2 Å². The van der Waals surface area contributed by atoms with Crippen LogP contribution in [-0.2, 0) is 14.4 Å². The number of hydrogen-bond donors (Lipinski definition) is 4. The summed E-state index contributed by atoms with van der Waals surface area (Å²) >= 11 is 4.49. The quantitative estimate of drug-likeness (QED) is 0.302. The molecule has 17 heteroatoms. The Morgan fingerprint density at radius 1 is 1.35 bits per heavy atom. The number of nitrogens with zero attached hydrogens (tertiary/aromatic N) is 5. The van der Waals surface area contributed by atoms with Crippen LogP contribution in [0.5, 0.6) is 0 Å². The molecule has 2 aliphatic rings. The van der Waals surface area contributed by atoms with E-state index in [1.165, 1.54) is 17.1 Å². The van der Waals surface area contributed by atoms with Crippen molar-refractivity contribution in [2.24, 2.45) is 5.18 Å². The highest BCUT2D eigenvalue weighted by Gasteiger charge is 2.55. The van der Waals surface area contributed by atoms with Crippen LogP contribution in [0.2, 0.25) is 0 Å². The summed E-state index contributed by atoms with van der Waals surface area (Å²) in [4.78, 5) is 53.7. The maximum absolute atomic E-state index is 12.7. The Morgan fingerprint density at radius 3 is 2.71 bits per heavy atom. The van der Waals surface area contributed by atoms with E-state index in [1.54, 1.807) is 0 Å². The molecule has 2 aromatic heterocycles. The fourth-order valence-corrected chi connectivity index (χ4v) is 6.79. The topological polar surface area (TPSA) is 207 Å². The molecule has 31 heavy (non-hydrogen) atoms. The van der Waals surface area contributed by atoms with Crippen LogP contribution in [0.25, 0.3) is 0 Å². The predicted octanol–water partition coefficient (Wildman–Crippen LogP) is 0.455. The number of carboxylic acids is 1. The second-order valence-electron chi connectivity index (χ2n) is 6.10. The Hall–Kier alpha value is -2.76. The van der Waals surface area contributed by atoms with E-state index < -0.39 is 35.2 Å². The number of β-lactam (4-membered cyclic amide) rings is 1. The summed E-state index contributed by atoms with van der Waals surface area (Å²) in [5.74, 6) is -2.44. The molecule has 6 N–H and O–H groups in total. The predicted molar refractivity (Wildman–Crippen MR) is 115 cm³/mol. The van der Waals surface area contributed by atoms with E-state index in [4.69, 9.17) is 11.5 Å². The first-order chi connectivity index (χ1) is 14.8. The van der Waals surface area contributed by atoms with Crippen molar-refractivity contribution in [3.8, 4) is 0 Å². The third kappa shape index (κ3) is 3.95. The van der Waals surface area contributed by atoms with Gasteiger partial charge in [-0.3, -0.25) is 14.5 Å². The van der Waals surface area contributed by atoms with Crippen molar-refractivity contribution in [1.29, 1.82) is 0 Å². The number of aliphatic carboxylic acids is 1. The molecule has 0 radical (unpaired) electrons. The maximum Gasteiger partial charge on any atom is 0.353 e. The normalized spacial score (nSPS) is 21.3. The molecule has 2 unspecified atom stereocenters. The fourth-order valence-electron chi connectivity index (χ4n) is 2.93. The monoisotopic (exact) mass is 500 g/mol. The van der Waals surface area contributed by atoms with Crippen LogP contribution >= 0.6 is 46.2 Å². The third-order valence-electron chi connectivity index (χ3n) is 4.24. The van der Waals surface area contributed by atoms with Gasteiger partial charge in [0.1, 0.15) is 17.1 Å². The molecule has 2 aromatic rings. The molecule has 162 valence electrons. The van der Waals surface area contributed by atoms with Gasteiger partial charge < -0.3 is 21.9 Å². The summed E-state index contributed by atoms with van der Waals surface area (Å²) in [7, 11) is 0. The number of carbonyl (C=O) groups is 3. The number of nitrogens with two attached hydrogens (primary N) is 2. The van der Waals surface area contributed by atoms with Gasteiger partial charge in [-0.05, 0) is 5.18 Å². The summed E-state index contributed by atoms with van der Waals surface area (Å²) < 4.78 is 0.450. The van der Waals surface area contributed by atoms with E-state index in [9.17, 15) is 24.4 Å². The number of thioether (sulfide) groups is 2. The van der Waals surface area contributed by atoms with Gasteiger partial charge in [-0.25, -0.2) is 9.78 Å². The highest BCUT2D eigenvalue weighted by atomic mass is 32.2. The molecule has 4 rings (SSSR count). The van der Waals surface area contributed by atoms with E-state index in [2.05, 4.69) is 25.7 Å². The molecule has 0 aromatic carbocycles. The van der Waals surface area contributed by atoms with E-state index in [0.717, 1.165) is 39.3 Å². The van der Waals surface area contributed by atoms with Gasteiger partial charge in [-0.1, -0.05) is 23.1 Å². The Morgan fingerprint density at radius 2 is 2.13 bits per heavy atom. The van der Waals surface area contributed by atoms with Crippen LogP contribution in [0, 0.1) is 4.91 Å². The highest BCUT2D eigenvalue weighted by molar-refractivity contribution is 8.07. The molecule has 1 fully saturated rings. The number of nitrogens with one attached hydrogen (secondary N) is 1. The van der Waals surface area contributed by atoms with Crippen LogP contribution in [0.1, 0.15) is 11.7 Å². The first kappa shape index (κ1) is 21.5. The molecule has 2 amide bonds. The number of anilines is 2. The standard InChI is InChI=1S/C14H12N8O5S4/c15-12-17-3(1-29-12)5(21-27)8(23)18-6-9(24)22-7(11(25)26)4(2-28-10(6)22)30-14-20-19-13(16)31-14/h1,5-6,10H,2H2,(H2,15,17)(H2,16,19)(H,18,23)(H,25,26)/t5?,6-,10?/m1/s1. The summed E-state index contributed by atoms with van der Waals surface area (Å²) in [5.41, 5.74) is 11.0. The van der Waals surface area contributed by atoms with Gasteiger partial charge >= 0.3 is 5.97 Å². The van der Waals surface area contributed by atoms with Crippen LogP contribution in [0.3, 0.4) is 0 Å². The molecule has 0 aliphatic carbocycles. The second-order valence-corrected chi connectivity index (χ2v) is 10.4. The van der Waals surface area contributed by atoms with Gasteiger partial charge in [0.05, 0.1) is 5.69 Å². The minimum absolute atomic E-state index is 0.0797. The minimum atomic E-state index is -1.47. The molecular weight excluding hydrogens is 488 g/mol. The van der Waals surface area contributed by atoms with Crippen LogP contribution in [0.4, 0.5) is 10.3 Å². The van der Waals surface area contributed by atoms with Crippen molar-refractivity contribution in [3.05, 3.63) is 26.6 Å². The zero-order valence-corrected chi connectivity index (χ0v) is 18.4. The summed E-state index contributed by atoms with van der Waals surface area (Å²) in [6, 6.07) is -2.47. The van der Waals surface area contributed by atoms with E-state index >= 15 is 0 Å². The number of hydrogen-bond acceptors (Lipinski definition) is 14. The molecule has 1 saturated heterocycles. The number of aromatic nitrogens is 3. The number of fused-ring (bicyclic) bond motifs is 1. The fraction of sp³-hybridized carbons (Fsp3) is 0.286. The van der Waals surface area contributed by atoms with Crippen molar-refractivity contribution in [2.45, 2.75) is 21.8 Å². The van der Waals surface area contributed by atoms with E-state index in [1.807, 2.05) is 0 Å². The summed E-state index contributed by atoms with van der Waals surface area (Å²) in [6.07, 6.45) is 0. The number of nitroso groups, excluding NO2 is 1. The van der Waals surface area contributed by atoms with Crippen molar-refractivity contribution in [3.63, 3.8) is 0 Å². The van der Waals surface area contributed by atoms with Gasteiger partial charge in [0.2, 0.25) is 11.2 Å². The largest absolute Gasteiger partial charge is 0.477 e. The SMILES string of the molecule is Nc1nc(C(N=O)C(=O)N[C@@H]2C(=O)N3C(C(=O)O)=C(Sc4nnc(N)s4)CSC23)cs1. The molecule has 0 bridgehead atoms. The first-order valence-corrected chi connectivity index (χ1v) is 11.9. The average Bonchev–Trinajstić information content (AvgIpc) is 3.34. The van der Waals surface area contributed by atoms with Gasteiger partial charge in [-0.15, -0.1) is 38.2 Å². The molecular formula is C14H12N8O5S4. The zero-order chi connectivity index (χ0) is 22.3. The zero-order valence-electron chi connectivity index (χ0n) is 15.1. The smallest absolute Gasteiger partial charge is 0.353 e. The Bertz CT molecular complexity index is 1120. The number of carbonyl (C=O) groups excluding carboxylic acids is 2. The third-order valence-corrected chi connectivity index (χ3v) is 8.28. The van der Waals surface area contributed by atoms with E-state index in [-0.39, 0.29) is 27.4 Å². The number of rotatable bonds is 7. The van der Waals surface area contributed by atoms with Gasteiger partial charge in [-0.2, -0.15) is 0 Å². The molecule has 0 saturated carbocycles. The summed E-state index contributed by atoms with van der Waals surface area (Å²) in [5, 5.41) is 23.7. The number of thiazole rings is 1. The summed E-state index contributed by atoms with van der Waals surface area (Å²) in [6.45, 7) is 0. The van der Waals surface area contributed by atoms with Crippen molar-refractivity contribution < 1.29 is 19.5 Å². The van der Waals surface area contributed by atoms with Gasteiger partial charge in [0.25, 0.3) is 11.8 Å². The van der Waals surface area contributed by atoms with Crippen LogP contribution in [0.15, 0.2) is 25.5 Å². The molecule has 13 nitrogen and oxygen atoms in total. The molecule has 2 aliphatic heterocycles. The lowest BCUT2D eigenvalue weighted by Gasteiger charge is -2.49. The molecule has 3 atom stereocenters. The van der Waals surface area contributed by atoms with Crippen molar-refractivity contribution in [2.75, 3.05) is 17.2 Å². The Balaban J connectivity index is 1.51. The first-order valence-electron chi connectivity index (χ1n) is 8.31. The second kappa shape index (κ2) is 8.40. The van der Waals surface area contributed by atoms with Crippen molar-refractivity contribution in [1.82, 2.24) is 25.4 Å². The molecule has 0 spiro atoms. The van der Waals surface area contributed by atoms with Gasteiger partial charge in [0.15, 0.2) is 9.47 Å². The number of amides is 2. The minimum Gasteiger partial charge on any atom is -0.477 e. The Kier molecular flexibility index (Phi) is 5.82. The lowest BCUT2D eigenvalue weighted by molar-refractivity contribution is -0.150. The lowest BCUT2D eigenvalue weighted by Crippen LogP contribution is -2.70. The average molecular weight is 501 g/mol. The highest BCUT2D eigenvalue weighted by Crippen LogP contribution is 2.45. The Labute approximate surface area is 189 Å².